The van der Waals surface area contributed by atoms with Crippen LogP contribution in [0.25, 0.3) is 22.3 Å². The summed E-state index contributed by atoms with van der Waals surface area (Å²) in [7, 11) is -3.96. The summed E-state index contributed by atoms with van der Waals surface area (Å²) in [5, 5.41) is 79.8. The zero-order valence-electron chi connectivity index (χ0n) is 47.4. The fraction of sp³-hybridized carbons (Fsp3) is 0.475. The second-order valence-electron chi connectivity index (χ2n) is 21.9. The number of unbranched alkanes of at least 4 members (excludes halogenated alkanes) is 2. The average Bonchev–Trinajstić information content (AvgIpc) is 4.21. The van der Waals surface area contributed by atoms with E-state index >= 15 is 0 Å². The summed E-state index contributed by atoms with van der Waals surface area (Å²) in [4.78, 5) is 112. The van der Waals surface area contributed by atoms with Crippen molar-refractivity contribution in [1.29, 1.82) is 0 Å². The summed E-state index contributed by atoms with van der Waals surface area (Å²) in [5.74, 6) is -7.39. The number of fused-ring (bicyclic) bond motifs is 2. The Balaban J connectivity index is 1.15. The maximum atomic E-state index is 14.5. The molecule has 0 saturated carbocycles. The molecule has 3 aliphatic heterocycles. The molecule has 14 atom stereocenters. The number of hydrogen-bond donors (Lipinski definition) is 12. The third-order valence-corrected chi connectivity index (χ3v) is 15.6. The molecule has 0 aromatic heterocycles. The van der Waals surface area contributed by atoms with Gasteiger partial charge in [0.25, 0.3) is 5.91 Å². The van der Waals surface area contributed by atoms with E-state index in [1.165, 1.54) is 43.3 Å². The maximum absolute atomic E-state index is 14.5. The molecule has 0 aliphatic carbocycles. The van der Waals surface area contributed by atoms with Crippen LogP contribution in [0.2, 0.25) is 0 Å². The molecular weight excluding hydrogens is 1110 g/mol. The number of ether oxygens (including phenoxy) is 1. The number of nitrogens with zero attached hydrogens (tertiary/aromatic N) is 2. The van der Waals surface area contributed by atoms with E-state index in [1.54, 1.807) is 12.1 Å². The standard InChI is InChI=1S/C59H76N7O17P/c1-6-7-8-25-82-43-23-19-39(20-24-43)37-13-11-36(12-14-37)38-15-17-40(18-16-38)53(73)61-45-27-41(69)29-60-57(77)51-52(72)32(2)30-66(51)59(79)49(34(4)68)63-56(76)50(47(71)26-35-9-21-44(22-10-35)83-84(5,80)81)64-55(75)46-28-42(70)31-65(46)58(78)48(33(3)67)62-54(45)74/h9-24,32-34,41-42,45-52,67-72H,6-8,25-31H2,1-5H3,(H,60,77)(H,61,73)(H,62,74)(H,63,76)(H,64,75)(H,80,81)/t32-,33?,34?,41+,42+,45+,46+,47+,48+,49+,50?,51+,52-/m1/s1. The molecule has 3 saturated heterocycles. The number of carbonyl (C=O) groups excluding carboxylic acids is 7. The van der Waals surface area contributed by atoms with Crippen LogP contribution in [0, 0.1) is 5.92 Å². The van der Waals surface area contributed by atoms with Gasteiger partial charge in [-0.2, -0.15) is 0 Å². The smallest absolute Gasteiger partial charge is 0.373 e. The summed E-state index contributed by atoms with van der Waals surface area (Å²) >= 11 is 0. The number of β-amino-alcohol motifs (C(OH)–C–C–N with tert-alkyl or cyclic N) is 1. The zero-order valence-corrected chi connectivity index (χ0v) is 48.3. The van der Waals surface area contributed by atoms with Crippen molar-refractivity contribution < 1.29 is 82.9 Å². The lowest BCUT2D eigenvalue weighted by Crippen LogP contribution is -2.64. The van der Waals surface area contributed by atoms with Crippen LogP contribution in [0.1, 0.15) is 75.7 Å². The summed E-state index contributed by atoms with van der Waals surface area (Å²) in [6, 6.07) is 16.7. The van der Waals surface area contributed by atoms with E-state index in [4.69, 9.17) is 9.26 Å². The van der Waals surface area contributed by atoms with Crippen molar-refractivity contribution in [3.63, 3.8) is 0 Å². The summed E-state index contributed by atoms with van der Waals surface area (Å²) < 4.78 is 22.7. The van der Waals surface area contributed by atoms with Gasteiger partial charge in [0.2, 0.25) is 35.4 Å². The van der Waals surface area contributed by atoms with Gasteiger partial charge in [-0.3, -0.25) is 33.6 Å². The van der Waals surface area contributed by atoms with E-state index in [0.717, 1.165) is 77.6 Å². The molecule has 454 valence electrons. The first-order valence-electron chi connectivity index (χ1n) is 28.0. The minimum Gasteiger partial charge on any atom is -0.494 e. The number of nitrogens with one attached hydrogen (secondary N) is 5. The first-order valence-corrected chi connectivity index (χ1v) is 30.1. The van der Waals surface area contributed by atoms with Gasteiger partial charge in [-0.15, -0.1) is 0 Å². The quantitative estimate of drug-likeness (QED) is 0.0544. The molecule has 0 radical (unpaired) electrons. The molecular formula is C59H76N7O17P. The van der Waals surface area contributed by atoms with Crippen molar-refractivity contribution in [3.8, 4) is 33.8 Å². The second-order valence-corrected chi connectivity index (χ2v) is 23.7. The number of carbonyl (C=O) groups is 7. The Bertz CT molecular complexity index is 3000. The van der Waals surface area contributed by atoms with E-state index in [-0.39, 0.29) is 17.9 Å². The van der Waals surface area contributed by atoms with Gasteiger partial charge in [0.05, 0.1) is 43.2 Å². The first kappa shape index (κ1) is 64.3. The topological polar surface area (TPSA) is 363 Å². The van der Waals surface area contributed by atoms with Gasteiger partial charge >= 0.3 is 7.60 Å². The highest BCUT2D eigenvalue weighted by Gasteiger charge is 2.49. The number of hydrogen-bond acceptors (Lipinski definition) is 16. The number of benzene rings is 4. The van der Waals surface area contributed by atoms with Crippen LogP contribution in [-0.2, 0) is 39.8 Å². The number of amides is 7. The molecule has 3 fully saturated rings. The molecule has 12 N–H and O–H groups in total. The van der Waals surface area contributed by atoms with Crippen molar-refractivity contribution in [2.45, 2.75) is 139 Å². The Morgan fingerprint density at radius 2 is 1.19 bits per heavy atom. The summed E-state index contributed by atoms with van der Waals surface area (Å²) in [5.41, 5.74) is 3.92. The minimum atomic E-state index is -3.96. The van der Waals surface area contributed by atoms with Crippen LogP contribution in [0.3, 0.4) is 0 Å². The van der Waals surface area contributed by atoms with Crippen LogP contribution in [0.4, 0.5) is 0 Å². The number of rotatable bonds is 16. The lowest BCUT2D eigenvalue weighted by molar-refractivity contribution is -0.147. The highest BCUT2D eigenvalue weighted by Crippen LogP contribution is 2.38. The molecule has 7 amide bonds. The molecule has 0 bridgehead atoms. The van der Waals surface area contributed by atoms with Crippen molar-refractivity contribution in [3.05, 3.63) is 108 Å². The zero-order chi connectivity index (χ0) is 61.2. The van der Waals surface area contributed by atoms with Gasteiger partial charge < -0.3 is 81.2 Å². The monoisotopic (exact) mass is 1190 g/mol. The predicted octanol–water partition coefficient (Wildman–Crippen LogP) is 0.752. The van der Waals surface area contributed by atoms with Gasteiger partial charge in [-0.25, -0.2) is 4.57 Å². The first-order chi connectivity index (χ1) is 39.8. The van der Waals surface area contributed by atoms with Crippen molar-refractivity contribution >= 4 is 48.9 Å². The molecule has 25 heteroatoms. The van der Waals surface area contributed by atoms with E-state index in [2.05, 4.69) is 33.5 Å². The van der Waals surface area contributed by atoms with Gasteiger partial charge in [-0.05, 0) is 84.5 Å². The van der Waals surface area contributed by atoms with E-state index in [0.29, 0.717) is 12.2 Å². The third kappa shape index (κ3) is 16.5. The highest BCUT2D eigenvalue weighted by molar-refractivity contribution is 7.52. The van der Waals surface area contributed by atoms with Gasteiger partial charge in [0.1, 0.15) is 47.8 Å². The normalized spacial score (nSPS) is 26.6. The Morgan fingerprint density at radius 1 is 0.667 bits per heavy atom. The van der Waals surface area contributed by atoms with Crippen LogP contribution in [-0.4, -0.2) is 192 Å². The Hall–Kier alpha value is -7.28. The molecule has 24 nitrogen and oxygen atoms in total. The van der Waals surface area contributed by atoms with Crippen LogP contribution < -0.4 is 35.8 Å². The van der Waals surface area contributed by atoms with Crippen molar-refractivity contribution in [2.75, 3.05) is 32.9 Å². The molecule has 0 spiro atoms. The Morgan fingerprint density at radius 3 is 1.75 bits per heavy atom. The molecule has 3 heterocycles. The molecule has 84 heavy (non-hydrogen) atoms. The SMILES string of the molecule is CCCCCOc1ccc(-c2ccc(-c3ccc(C(=O)N[C@H]4C[C@H](O)CNC(=O)[C@@H]5[C@H](O)[C@H](C)CN5C(=O)[C@H](C(C)O)NC(=O)C([C@@H](O)Cc5ccc(OP(C)(=O)O)cc5)NC(=O)[C@@H]5C[C@H](O)CN5C(=O)[C@H](C(C)O)NC4=O)cc3)cc2)cc1. The van der Waals surface area contributed by atoms with Crippen molar-refractivity contribution in [1.82, 2.24) is 36.4 Å². The van der Waals surface area contributed by atoms with Crippen LogP contribution >= 0.6 is 7.60 Å². The largest absolute Gasteiger partial charge is 0.494 e. The minimum absolute atomic E-state index is 0.00727. The Kier molecular flexibility index (Phi) is 21.8. The van der Waals surface area contributed by atoms with Gasteiger partial charge in [-0.1, -0.05) is 87.4 Å². The fourth-order valence-corrected chi connectivity index (χ4v) is 10.9. The van der Waals surface area contributed by atoms with Gasteiger partial charge in [0.15, 0.2) is 0 Å². The van der Waals surface area contributed by atoms with E-state index in [9.17, 15) is 73.7 Å². The maximum Gasteiger partial charge on any atom is 0.373 e. The highest BCUT2D eigenvalue weighted by atomic mass is 31.2. The molecule has 3 aliphatic rings. The lowest BCUT2D eigenvalue weighted by atomic mass is 9.99. The average molecular weight is 1190 g/mol. The van der Waals surface area contributed by atoms with Crippen LogP contribution in [0.15, 0.2) is 97.1 Å². The summed E-state index contributed by atoms with van der Waals surface area (Å²) in [6.45, 7) is 6.18. The molecule has 4 aromatic carbocycles. The van der Waals surface area contributed by atoms with Gasteiger partial charge in [0, 0.05) is 57.0 Å². The number of aliphatic hydroxyl groups is 6. The van der Waals surface area contributed by atoms with Crippen LogP contribution in [0.5, 0.6) is 11.5 Å². The second kappa shape index (κ2) is 28.5. The summed E-state index contributed by atoms with van der Waals surface area (Å²) in [6.07, 6.45) is -8.10. The fourth-order valence-electron chi connectivity index (χ4n) is 10.4. The lowest BCUT2D eigenvalue weighted by Gasteiger charge is -2.33. The molecule has 4 aromatic rings. The third-order valence-electron chi connectivity index (χ3n) is 15.1. The van der Waals surface area contributed by atoms with E-state index < -0.39 is 160 Å². The molecule has 4 unspecified atom stereocenters. The van der Waals surface area contributed by atoms with E-state index in [1.807, 2.05) is 48.5 Å². The Labute approximate surface area is 486 Å². The predicted molar refractivity (Wildman–Crippen MR) is 306 cm³/mol. The molecule has 7 rings (SSSR count). The van der Waals surface area contributed by atoms with Crippen molar-refractivity contribution in [2.24, 2.45) is 5.92 Å². The number of aliphatic hydroxyl groups excluding tert-OH is 6.